The van der Waals surface area contributed by atoms with Crippen molar-refractivity contribution in [3.8, 4) is 5.75 Å². The van der Waals surface area contributed by atoms with Crippen molar-refractivity contribution in [2.45, 2.75) is 49.4 Å². The van der Waals surface area contributed by atoms with Gasteiger partial charge in [-0.15, -0.1) is 0 Å². The summed E-state index contributed by atoms with van der Waals surface area (Å²) in [6.07, 6.45) is 7.96. The van der Waals surface area contributed by atoms with Crippen molar-refractivity contribution in [3.63, 3.8) is 0 Å². The van der Waals surface area contributed by atoms with Crippen LogP contribution in [0.15, 0.2) is 24.3 Å². The van der Waals surface area contributed by atoms with Gasteiger partial charge in [-0.05, 0) is 79.4 Å². The topological polar surface area (TPSA) is 9.23 Å². The van der Waals surface area contributed by atoms with E-state index in [2.05, 4.69) is 0 Å². The van der Waals surface area contributed by atoms with Gasteiger partial charge in [0.05, 0.1) is 0 Å². The van der Waals surface area contributed by atoms with Crippen LogP contribution >= 0.6 is 12.0 Å². The monoisotopic (exact) mass is 328 g/mol. The third-order valence-electron chi connectivity index (χ3n) is 5.74. The van der Waals surface area contributed by atoms with Crippen LogP contribution in [0.4, 0.5) is 13.2 Å². The number of benzene rings is 1. The fourth-order valence-corrected chi connectivity index (χ4v) is 5.73. The van der Waals surface area contributed by atoms with Gasteiger partial charge in [0.15, 0.2) is 12.0 Å². The molecule has 120 valence electrons. The third-order valence-corrected chi connectivity index (χ3v) is 6.20. The Labute approximate surface area is 132 Å². The molecular weight excluding hydrogens is 309 g/mol. The lowest BCUT2D eigenvalue weighted by Gasteiger charge is -2.57. The summed E-state index contributed by atoms with van der Waals surface area (Å²) in [6, 6.07) is 7.35. The highest BCUT2D eigenvalue weighted by atomic mass is 32.2. The molecule has 4 saturated carbocycles. The Kier molecular flexibility index (Phi) is 3.40. The summed E-state index contributed by atoms with van der Waals surface area (Å²) < 4.78 is 41.2. The summed E-state index contributed by atoms with van der Waals surface area (Å²) in [4.78, 5) is 0. The molecule has 4 aliphatic carbocycles. The number of rotatable bonds is 3. The first-order valence-corrected chi connectivity index (χ1v) is 8.69. The minimum atomic E-state index is -4.36. The van der Waals surface area contributed by atoms with Crippen LogP contribution in [0.5, 0.6) is 5.75 Å². The highest BCUT2D eigenvalue weighted by Crippen LogP contribution is 2.60. The van der Waals surface area contributed by atoms with E-state index in [0.717, 1.165) is 17.8 Å². The summed E-state index contributed by atoms with van der Waals surface area (Å²) in [7, 11) is 0. The molecule has 1 aromatic rings. The van der Waals surface area contributed by atoms with E-state index in [9.17, 15) is 13.2 Å². The van der Waals surface area contributed by atoms with Crippen molar-refractivity contribution >= 4 is 12.0 Å². The Morgan fingerprint density at radius 1 is 0.909 bits per heavy atom. The van der Waals surface area contributed by atoms with Gasteiger partial charge in [0, 0.05) is 0 Å². The van der Waals surface area contributed by atoms with Crippen molar-refractivity contribution in [2.75, 3.05) is 0 Å². The van der Waals surface area contributed by atoms with Crippen molar-refractivity contribution in [2.24, 2.45) is 17.8 Å². The predicted octanol–water partition coefficient (Wildman–Crippen LogP) is 5.70. The van der Waals surface area contributed by atoms with Gasteiger partial charge < -0.3 is 4.18 Å². The molecule has 0 radical (unpaired) electrons. The van der Waals surface area contributed by atoms with Crippen LogP contribution in [-0.4, -0.2) is 5.51 Å². The third kappa shape index (κ3) is 2.72. The number of hydrogen-bond donors (Lipinski definition) is 0. The Morgan fingerprint density at radius 3 is 1.86 bits per heavy atom. The van der Waals surface area contributed by atoms with Crippen molar-refractivity contribution < 1.29 is 17.4 Å². The highest BCUT2D eigenvalue weighted by molar-refractivity contribution is 7.95. The summed E-state index contributed by atoms with van der Waals surface area (Å²) in [6.45, 7) is 0. The second-order valence-corrected chi connectivity index (χ2v) is 8.13. The minimum Gasteiger partial charge on any atom is -0.417 e. The molecule has 0 heterocycles. The van der Waals surface area contributed by atoms with Gasteiger partial charge in [-0.25, -0.2) is 0 Å². The number of alkyl halides is 3. The molecule has 1 aromatic carbocycles. The number of hydrogen-bond acceptors (Lipinski definition) is 2. The van der Waals surface area contributed by atoms with Crippen molar-refractivity contribution in [1.29, 1.82) is 0 Å². The molecule has 4 fully saturated rings. The lowest BCUT2D eigenvalue weighted by molar-refractivity contribution is -0.0369. The minimum absolute atomic E-state index is 0.274. The fourth-order valence-electron chi connectivity index (χ4n) is 5.42. The molecule has 0 amide bonds. The van der Waals surface area contributed by atoms with Gasteiger partial charge in [-0.2, -0.15) is 13.2 Å². The molecule has 5 heteroatoms. The van der Waals surface area contributed by atoms with E-state index in [1.54, 1.807) is 12.1 Å². The first kappa shape index (κ1) is 14.7. The molecule has 0 aliphatic heterocycles. The Hall–Kier alpha value is -0.840. The zero-order valence-electron chi connectivity index (χ0n) is 12.2. The molecule has 0 unspecified atom stereocenters. The zero-order valence-corrected chi connectivity index (χ0v) is 13.1. The van der Waals surface area contributed by atoms with Gasteiger partial charge >= 0.3 is 5.51 Å². The quantitative estimate of drug-likeness (QED) is 0.658. The standard InChI is InChI=1S/C17H19F3OS/c18-17(19,20)22-21-15-3-1-14(2-4-15)16-8-11-5-12(9-16)7-13(6-11)10-16/h1-4,11-13H,5-10H2. The molecule has 0 aromatic heterocycles. The van der Waals surface area contributed by atoms with Crippen LogP contribution in [0.1, 0.15) is 44.1 Å². The smallest absolute Gasteiger partial charge is 0.417 e. The molecule has 4 bridgehead atoms. The molecule has 4 aliphatic rings. The molecule has 5 rings (SSSR count). The molecule has 0 N–H and O–H groups in total. The SMILES string of the molecule is FC(F)(F)SOc1ccc(C23CC4CC(CC(C4)C2)C3)cc1. The molecule has 0 saturated heterocycles. The largest absolute Gasteiger partial charge is 0.479 e. The van der Waals surface area contributed by atoms with Gasteiger partial charge in [0.1, 0.15) is 5.75 Å². The van der Waals surface area contributed by atoms with Crippen LogP contribution < -0.4 is 4.18 Å². The van der Waals surface area contributed by atoms with Crippen LogP contribution in [0.25, 0.3) is 0 Å². The van der Waals surface area contributed by atoms with E-state index in [-0.39, 0.29) is 11.2 Å². The summed E-state index contributed by atoms with van der Waals surface area (Å²) in [5, 5.41) is 0. The van der Waals surface area contributed by atoms with Gasteiger partial charge in [-0.3, -0.25) is 0 Å². The maximum Gasteiger partial charge on any atom is 0.479 e. The maximum absolute atomic E-state index is 12.2. The normalized spacial score (nSPS) is 36.6. The first-order valence-electron chi connectivity index (χ1n) is 7.95. The van der Waals surface area contributed by atoms with Gasteiger partial charge in [0.25, 0.3) is 0 Å². The fraction of sp³-hybridized carbons (Fsp3) is 0.647. The van der Waals surface area contributed by atoms with Crippen molar-refractivity contribution in [3.05, 3.63) is 29.8 Å². The van der Waals surface area contributed by atoms with Crippen LogP contribution in [0, 0.1) is 17.8 Å². The van der Waals surface area contributed by atoms with E-state index in [0.29, 0.717) is 0 Å². The second kappa shape index (κ2) is 5.08. The lowest BCUT2D eigenvalue weighted by Crippen LogP contribution is -2.48. The van der Waals surface area contributed by atoms with E-state index in [4.69, 9.17) is 4.18 Å². The summed E-state index contributed by atoms with van der Waals surface area (Å²) >= 11 is -0.448. The molecule has 0 atom stereocenters. The number of halogens is 3. The maximum atomic E-state index is 12.2. The lowest BCUT2D eigenvalue weighted by atomic mass is 9.48. The molecule has 0 spiro atoms. The van der Waals surface area contributed by atoms with E-state index in [1.807, 2.05) is 12.1 Å². The van der Waals surface area contributed by atoms with Crippen LogP contribution in [0.3, 0.4) is 0 Å². The van der Waals surface area contributed by atoms with E-state index in [1.165, 1.54) is 44.1 Å². The van der Waals surface area contributed by atoms with Crippen LogP contribution in [0.2, 0.25) is 0 Å². The molecule has 1 nitrogen and oxygen atoms in total. The Balaban J connectivity index is 1.51. The summed E-state index contributed by atoms with van der Waals surface area (Å²) in [5.74, 6) is 2.87. The average Bonchev–Trinajstić information content (AvgIpc) is 2.43. The van der Waals surface area contributed by atoms with Crippen LogP contribution in [-0.2, 0) is 5.41 Å². The Morgan fingerprint density at radius 2 is 1.41 bits per heavy atom. The van der Waals surface area contributed by atoms with Gasteiger partial charge in [0.2, 0.25) is 0 Å². The van der Waals surface area contributed by atoms with Crippen molar-refractivity contribution in [1.82, 2.24) is 0 Å². The first-order chi connectivity index (χ1) is 10.4. The Bertz CT molecular complexity index is 517. The zero-order chi connectivity index (χ0) is 15.4. The van der Waals surface area contributed by atoms with E-state index >= 15 is 0 Å². The molecule has 22 heavy (non-hydrogen) atoms. The van der Waals surface area contributed by atoms with Gasteiger partial charge in [-0.1, -0.05) is 12.1 Å². The highest BCUT2D eigenvalue weighted by Gasteiger charge is 2.51. The second-order valence-electron chi connectivity index (χ2n) is 7.33. The molecular formula is C17H19F3OS. The van der Waals surface area contributed by atoms with E-state index < -0.39 is 17.6 Å². The predicted molar refractivity (Wildman–Crippen MR) is 80.6 cm³/mol. The summed E-state index contributed by atoms with van der Waals surface area (Å²) in [5.41, 5.74) is -2.78. The average molecular weight is 328 g/mol.